The molecule has 0 aliphatic carbocycles. The van der Waals surface area contributed by atoms with Gasteiger partial charge in [0, 0.05) is 22.5 Å². The van der Waals surface area contributed by atoms with Crippen LogP contribution in [0.25, 0.3) is 0 Å². The highest BCUT2D eigenvalue weighted by Gasteiger charge is 2.12. The number of rotatable bonds is 5. The van der Waals surface area contributed by atoms with E-state index < -0.39 is 5.91 Å². The predicted molar refractivity (Wildman–Crippen MR) is 99.8 cm³/mol. The van der Waals surface area contributed by atoms with E-state index in [0.29, 0.717) is 16.4 Å². The molecule has 2 rings (SSSR count). The Morgan fingerprint density at radius 1 is 1.19 bits per heavy atom. The summed E-state index contributed by atoms with van der Waals surface area (Å²) in [6.45, 7) is 3.38. The number of carbonyl (C=O) groups is 2. The quantitative estimate of drug-likeness (QED) is 0.475. The lowest BCUT2D eigenvalue weighted by Crippen LogP contribution is -2.21. The number of phenols is 2. The number of phenolic OH excluding ortho intramolecular Hbond substituents is 2. The van der Waals surface area contributed by atoms with E-state index in [9.17, 15) is 19.8 Å². The van der Waals surface area contributed by atoms with E-state index in [-0.39, 0.29) is 29.4 Å². The summed E-state index contributed by atoms with van der Waals surface area (Å²) in [5, 5.41) is 26.0. The van der Waals surface area contributed by atoms with Crippen molar-refractivity contribution in [1.82, 2.24) is 5.43 Å². The minimum Gasteiger partial charge on any atom is -0.508 e. The third-order valence-corrected chi connectivity index (χ3v) is 3.94. The Labute approximate surface area is 155 Å². The van der Waals surface area contributed by atoms with Crippen LogP contribution in [0, 0.1) is 6.92 Å². The van der Waals surface area contributed by atoms with Crippen molar-refractivity contribution < 1.29 is 19.8 Å². The zero-order valence-electron chi connectivity index (χ0n) is 14.2. The maximum Gasteiger partial charge on any atom is 0.275 e. The molecule has 0 atom stereocenters. The van der Waals surface area contributed by atoms with E-state index in [4.69, 9.17) is 11.6 Å². The van der Waals surface area contributed by atoms with Gasteiger partial charge >= 0.3 is 0 Å². The van der Waals surface area contributed by atoms with Gasteiger partial charge in [-0.05, 0) is 43.7 Å². The summed E-state index contributed by atoms with van der Waals surface area (Å²) in [6.07, 6.45) is -0.0339. The van der Waals surface area contributed by atoms with Crippen molar-refractivity contribution in [3.05, 3.63) is 52.5 Å². The van der Waals surface area contributed by atoms with Gasteiger partial charge in [-0.3, -0.25) is 9.59 Å². The molecule has 26 heavy (non-hydrogen) atoms. The van der Waals surface area contributed by atoms with E-state index >= 15 is 0 Å². The highest BCUT2D eigenvalue weighted by Crippen LogP contribution is 2.23. The zero-order valence-corrected chi connectivity index (χ0v) is 15.0. The molecule has 2 aromatic rings. The Bertz CT molecular complexity index is 881. The highest BCUT2D eigenvalue weighted by molar-refractivity contribution is 6.31. The molecule has 0 unspecified atom stereocenters. The molecule has 0 fully saturated rings. The lowest BCUT2D eigenvalue weighted by atomic mass is 10.2. The molecule has 0 saturated heterocycles. The Kier molecular flexibility index (Phi) is 6.19. The molecule has 136 valence electrons. The number of nitrogens with one attached hydrogen (secondary N) is 2. The fraction of sp³-hybridized carbons (Fsp3) is 0.167. The number of anilines is 1. The number of carbonyl (C=O) groups excluding carboxylic acids is 2. The number of benzene rings is 2. The van der Waals surface area contributed by atoms with Crippen molar-refractivity contribution in [2.45, 2.75) is 20.3 Å². The van der Waals surface area contributed by atoms with Gasteiger partial charge in [-0.2, -0.15) is 5.10 Å². The van der Waals surface area contributed by atoms with Crippen molar-refractivity contribution >= 4 is 34.8 Å². The van der Waals surface area contributed by atoms with Crippen LogP contribution in [-0.4, -0.2) is 27.7 Å². The molecule has 0 bridgehead atoms. The Balaban J connectivity index is 1.96. The summed E-state index contributed by atoms with van der Waals surface area (Å²) in [4.78, 5) is 24.0. The van der Waals surface area contributed by atoms with Gasteiger partial charge in [0.1, 0.15) is 11.5 Å². The summed E-state index contributed by atoms with van der Waals surface area (Å²) >= 11 is 6.01. The van der Waals surface area contributed by atoms with Crippen molar-refractivity contribution in [3.63, 3.8) is 0 Å². The summed E-state index contributed by atoms with van der Waals surface area (Å²) in [6, 6.07) is 8.78. The van der Waals surface area contributed by atoms with Gasteiger partial charge in [-0.1, -0.05) is 17.7 Å². The molecule has 0 spiro atoms. The smallest absolute Gasteiger partial charge is 0.275 e. The van der Waals surface area contributed by atoms with E-state index in [1.807, 2.05) is 0 Å². The first-order valence-corrected chi connectivity index (χ1v) is 8.06. The largest absolute Gasteiger partial charge is 0.508 e. The molecular formula is C18H18ClN3O4. The average molecular weight is 376 g/mol. The third-order valence-electron chi connectivity index (χ3n) is 3.53. The normalized spacial score (nSPS) is 11.1. The van der Waals surface area contributed by atoms with Gasteiger partial charge in [0.2, 0.25) is 5.91 Å². The molecule has 2 aromatic carbocycles. The predicted octanol–water partition coefficient (Wildman–Crippen LogP) is 3.19. The Morgan fingerprint density at radius 3 is 2.62 bits per heavy atom. The maximum absolute atomic E-state index is 12.1. The monoisotopic (exact) mass is 375 g/mol. The van der Waals surface area contributed by atoms with Crippen molar-refractivity contribution in [3.8, 4) is 11.5 Å². The molecule has 7 nitrogen and oxygen atoms in total. The van der Waals surface area contributed by atoms with Crippen LogP contribution in [0.15, 0.2) is 41.5 Å². The van der Waals surface area contributed by atoms with Gasteiger partial charge < -0.3 is 15.5 Å². The van der Waals surface area contributed by atoms with E-state index in [1.54, 1.807) is 32.0 Å². The van der Waals surface area contributed by atoms with Crippen LogP contribution in [0.5, 0.6) is 11.5 Å². The number of halogens is 1. The standard InChI is InChI=1S/C18H18ClN3O4/c1-10(8-17(25)20-15-5-3-4-14(19)11(15)2)21-22-18(26)13-7-6-12(23)9-16(13)24/h3-7,9,23-24H,8H2,1-2H3,(H,20,25)(H,22,26). The van der Waals surface area contributed by atoms with Crippen LogP contribution in [0.4, 0.5) is 5.69 Å². The van der Waals surface area contributed by atoms with Crippen LogP contribution in [0.3, 0.4) is 0 Å². The minimum absolute atomic E-state index is 0.0339. The number of hydrogen-bond donors (Lipinski definition) is 4. The van der Waals surface area contributed by atoms with Gasteiger partial charge in [-0.25, -0.2) is 5.43 Å². The van der Waals surface area contributed by atoms with Gasteiger partial charge in [0.15, 0.2) is 0 Å². The first kappa shape index (κ1) is 19.3. The van der Waals surface area contributed by atoms with Crippen LogP contribution in [0.2, 0.25) is 5.02 Å². The van der Waals surface area contributed by atoms with Crippen molar-refractivity contribution in [2.75, 3.05) is 5.32 Å². The average Bonchev–Trinajstić information content (AvgIpc) is 2.57. The molecular weight excluding hydrogens is 358 g/mol. The van der Waals surface area contributed by atoms with Crippen molar-refractivity contribution in [2.24, 2.45) is 5.10 Å². The van der Waals surface area contributed by atoms with Crippen LogP contribution >= 0.6 is 11.6 Å². The van der Waals surface area contributed by atoms with Crippen molar-refractivity contribution in [1.29, 1.82) is 0 Å². The van der Waals surface area contributed by atoms with Crippen LogP contribution in [0.1, 0.15) is 29.3 Å². The first-order chi connectivity index (χ1) is 12.3. The fourth-order valence-corrected chi connectivity index (χ4v) is 2.30. The number of hydrogen-bond acceptors (Lipinski definition) is 5. The molecule has 0 aliphatic rings. The lowest BCUT2D eigenvalue weighted by Gasteiger charge is -2.09. The van der Waals surface area contributed by atoms with E-state index in [1.165, 1.54) is 12.1 Å². The number of amides is 2. The number of aromatic hydroxyl groups is 2. The highest BCUT2D eigenvalue weighted by atomic mass is 35.5. The van der Waals surface area contributed by atoms with E-state index in [0.717, 1.165) is 11.6 Å². The lowest BCUT2D eigenvalue weighted by molar-refractivity contribution is -0.115. The second-order valence-corrected chi connectivity index (χ2v) is 6.03. The topological polar surface area (TPSA) is 111 Å². The van der Waals surface area contributed by atoms with Gasteiger partial charge in [-0.15, -0.1) is 0 Å². The molecule has 0 radical (unpaired) electrons. The Morgan fingerprint density at radius 2 is 1.92 bits per heavy atom. The summed E-state index contributed by atoms with van der Waals surface area (Å²) in [7, 11) is 0. The van der Waals surface area contributed by atoms with Gasteiger partial charge in [0.05, 0.1) is 12.0 Å². The number of hydrazone groups is 1. The third kappa shape index (κ3) is 4.97. The molecule has 8 heteroatoms. The second kappa shape index (κ2) is 8.35. The second-order valence-electron chi connectivity index (χ2n) is 5.63. The fourth-order valence-electron chi connectivity index (χ4n) is 2.13. The zero-order chi connectivity index (χ0) is 19.3. The molecule has 0 aromatic heterocycles. The molecule has 2 amide bonds. The molecule has 0 saturated carbocycles. The summed E-state index contributed by atoms with van der Waals surface area (Å²) in [5.74, 6) is -1.50. The molecule has 4 N–H and O–H groups in total. The number of nitrogens with zero attached hydrogens (tertiary/aromatic N) is 1. The van der Waals surface area contributed by atoms with Crippen LogP contribution in [-0.2, 0) is 4.79 Å². The maximum atomic E-state index is 12.1. The molecule has 0 aliphatic heterocycles. The summed E-state index contributed by atoms with van der Waals surface area (Å²) in [5.41, 5.74) is 3.94. The Hall–Kier alpha value is -3.06. The first-order valence-electron chi connectivity index (χ1n) is 7.68. The van der Waals surface area contributed by atoms with Gasteiger partial charge in [0.25, 0.3) is 5.91 Å². The van der Waals surface area contributed by atoms with Crippen LogP contribution < -0.4 is 10.7 Å². The molecule has 0 heterocycles. The minimum atomic E-state index is -0.659. The SMILES string of the molecule is CC(CC(=O)Nc1cccc(Cl)c1C)=NNC(=O)c1ccc(O)cc1O. The van der Waals surface area contributed by atoms with E-state index in [2.05, 4.69) is 15.8 Å². The summed E-state index contributed by atoms with van der Waals surface area (Å²) < 4.78 is 0.